The van der Waals surface area contributed by atoms with Crippen LogP contribution in [0.4, 0.5) is 0 Å². The second-order valence-corrected chi connectivity index (χ2v) is 10.6. The van der Waals surface area contributed by atoms with Crippen LogP contribution < -0.4 is 10.1 Å². The molecule has 1 heterocycles. The van der Waals surface area contributed by atoms with Gasteiger partial charge in [0, 0.05) is 13.0 Å². The number of carbonyl (C=O) groups excluding carboxylic acids is 1. The Labute approximate surface area is 202 Å². The number of hydrogen-bond donors (Lipinski definition) is 2. The van der Waals surface area contributed by atoms with E-state index in [1.54, 1.807) is 7.11 Å². The maximum absolute atomic E-state index is 12.4. The number of carbonyl (C=O) groups is 1. The van der Waals surface area contributed by atoms with Gasteiger partial charge in [-0.3, -0.25) is 4.79 Å². The minimum atomic E-state index is -0.0556. The van der Waals surface area contributed by atoms with E-state index in [4.69, 9.17) is 9.47 Å². The molecule has 3 unspecified atom stereocenters. The van der Waals surface area contributed by atoms with Crippen molar-refractivity contribution in [2.24, 2.45) is 17.8 Å². The Bertz CT molecular complexity index is 1020. The number of ether oxygens (including phenoxy) is 2. The molecule has 2 N–H and O–H groups in total. The number of fused-ring (bicyclic) bond motifs is 5. The van der Waals surface area contributed by atoms with E-state index in [1.807, 2.05) is 36.4 Å². The first-order valence-electron chi connectivity index (χ1n) is 12.8. The Hall–Kier alpha value is -2.53. The Morgan fingerprint density at radius 3 is 2.85 bits per heavy atom. The first-order chi connectivity index (χ1) is 16.5. The van der Waals surface area contributed by atoms with Crippen LogP contribution in [0, 0.1) is 17.8 Å². The lowest BCUT2D eigenvalue weighted by molar-refractivity contribution is -0.121. The van der Waals surface area contributed by atoms with Crippen molar-refractivity contribution in [1.29, 1.82) is 0 Å². The Morgan fingerprint density at radius 1 is 1.24 bits per heavy atom. The van der Waals surface area contributed by atoms with Gasteiger partial charge in [-0.2, -0.15) is 0 Å². The normalized spacial score (nSPS) is 29.6. The highest BCUT2D eigenvalue weighted by atomic mass is 16.5. The van der Waals surface area contributed by atoms with Gasteiger partial charge in [-0.25, -0.2) is 0 Å². The van der Waals surface area contributed by atoms with Crippen LogP contribution >= 0.6 is 0 Å². The van der Waals surface area contributed by atoms with E-state index in [1.165, 1.54) is 11.1 Å². The minimum Gasteiger partial charge on any atom is -0.504 e. The van der Waals surface area contributed by atoms with Crippen molar-refractivity contribution in [3.63, 3.8) is 0 Å². The van der Waals surface area contributed by atoms with Crippen molar-refractivity contribution in [2.75, 3.05) is 13.7 Å². The monoisotopic (exact) mass is 463 g/mol. The molecule has 1 aliphatic heterocycles. The topological polar surface area (TPSA) is 67.8 Å². The van der Waals surface area contributed by atoms with Gasteiger partial charge in [-0.05, 0) is 97.9 Å². The number of hydrogen-bond acceptors (Lipinski definition) is 4. The van der Waals surface area contributed by atoms with E-state index in [0.717, 1.165) is 50.7 Å². The molecule has 0 bridgehead atoms. The maximum atomic E-state index is 12.4. The van der Waals surface area contributed by atoms with Gasteiger partial charge in [0.05, 0.1) is 19.3 Å². The third-order valence-corrected chi connectivity index (χ3v) is 8.67. The van der Waals surface area contributed by atoms with Gasteiger partial charge in [0.2, 0.25) is 5.91 Å². The number of aryl methyl sites for hydroxylation is 1. The van der Waals surface area contributed by atoms with Gasteiger partial charge >= 0.3 is 0 Å². The number of nitrogens with one attached hydrogen (secondary N) is 1. The molecule has 5 atom stereocenters. The first kappa shape index (κ1) is 23.2. The van der Waals surface area contributed by atoms with E-state index in [2.05, 4.69) is 18.3 Å². The molecule has 2 aromatic rings. The Kier molecular flexibility index (Phi) is 6.57. The smallest absolute Gasteiger partial charge is 0.220 e. The molecule has 2 aliphatic carbocycles. The minimum absolute atomic E-state index is 0.0556. The molecule has 3 aliphatic rings. The van der Waals surface area contributed by atoms with Crippen LogP contribution in [0.1, 0.15) is 68.1 Å². The molecule has 2 fully saturated rings. The SMILES string of the molecule is COc1cc2c(cc1O)CCC1C2CC[C@]2(C)OC[C@@H](CCCC(=O)NCc3ccccc3)C12. The molecule has 5 rings (SSSR count). The predicted octanol–water partition coefficient (Wildman–Crippen LogP) is 5.35. The number of aromatic hydroxyl groups is 1. The van der Waals surface area contributed by atoms with E-state index in [9.17, 15) is 9.90 Å². The number of rotatable bonds is 7. The van der Waals surface area contributed by atoms with Crippen LogP contribution in [-0.2, 0) is 22.5 Å². The van der Waals surface area contributed by atoms with Crippen LogP contribution in [-0.4, -0.2) is 30.3 Å². The summed E-state index contributed by atoms with van der Waals surface area (Å²) in [6.07, 6.45) is 6.82. The molecule has 182 valence electrons. The number of phenolic OH excluding ortho intramolecular Hbond substituents is 1. The van der Waals surface area contributed by atoms with Gasteiger partial charge in [0.1, 0.15) is 0 Å². The first-order valence-corrected chi connectivity index (χ1v) is 12.8. The fraction of sp³-hybridized carbons (Fsp3) is 0.552. The second kappa shape index (κ2) is 9.61. The summed E-state index contributed by atoms with van der Waals surface area (Å²) in [6.45, 7) is 3.71. The molecule has 0 aromatic heterocycles. The fourth-order valence-electron chi connectivity index (χ4n) is 7.06. The Balaban J connectivity index is 1.22. The molecule has 0 radical (unpaired) electrons. The third-order valence-electron chi connectivity index (χ3n) is 8.67. The fourth-order valence-corrected chi connectivity index (χ4v) is 7.06. The van der Waals surface area contributed by atoms with Crippen molar-refractivity contribution in [3.05, 3.63) is 59.2 Å². The summed E-state index contributed by atoms with van der Waals surface area (Å²) in [4.78, 5) is 12.4. The van der Waals surface area contributed by atoms with Gasteiger partial charge in [-0.1, -0.05) is 30.3 Å². The molecule has 1 saturated heterocycles. The third kappa shape index (κ3) is 4.43. The van der Waals surface area contributed by atoms with Gasteiger partial charge in [0.15, 0.2) is 11.5 Å². The van der Waals surface area contributed by atoms with E-state index in [-0.39, 0.29) is 17.3 Å². The molecule has 5 nitrogen and oxygen atoms in total. The molecule has 1 amide bonds. The number of amides is 1. The lowest BCUT2D eigenvalue weighted by Gasteiger charge is -2.49. The quantitative estimate of drug-likeness (QED) is 0.581. The summed E-state index contributed by atoms with van der Waals surface area (Å²) < 4.78 is 11.9. The molecular weight excluding hydrogens is 426 g/mol. The van der Waals surface area contributed by atoms with Crippen molar-refractivity contribution in [2.45, 2.75) is 69.9 Å². The zero-order valence-electron chi connectivity index (χ0n) is 20.4. The highest BCUT2D eigenvalue weighted by Gasteiger charge is 2.55. The molecule has 34 heavy (non-hydrogen) atoms. The number of phenols is 1. The van der Waals surface area contributed by atoms with Crippen molar-refractivity contribution in [3.8, 4) is 11.5 Å². The second-order valence-electron chi connectivity index (χ2n) is 10.6. The molecule has 1 saturated carbocycles. The highest BCUT2D eigenvalue weighted by molar-refractivity contribution is 5.75. The standard InChI is InChI=1S/C29H37NO4/c1-29-14-13-22-23(12-11-20-15-25(31)26(33-2)16-24(20)22)28(29)21(18-34-29)9-6-10-27(32)30-17-19-7-4-3-5-8-19/h3-5,7-8,15-16,21-23,28,31H,6,9-14,17-18H2,1-2H3,(H,30,32)/t21-,22?,23?,28?,29+/m1/s1. The summed E-state index contributed by atoms with van der Waals surface area (Å²) >= 11 is 0. The van der Waals surface area contributed by atoms with Crippen LogP contribution in [0.15, 0.2) is 42.5 Å². The zero-order chi connectivity index (χ0) is 23.7. The largest absolute Gasteiger partial charge is 0.504 e. The summed E-state index contributed by atoms with van der Waals surface area (Å²) in [7, 11) is 1.62. The average molecular weight is 464 g/mol. The van der Waals surface area contributed by atoms with E-state index >= 15 is 0 Å². The van der Waals surface area contributed by atoms with Crippen molar-refractivity contribution in [1.82, 2.24) is 5.32 Å². The van der Waals surface area contributed by atoms with E-state index in [0.29, 0.717) is 42.4 Å². The summed E-state index contributed by atoms with van der Waals surface area (Å²) in [5, 5.41) is 13.3. The molecule has 5 heteroatoms. The van der Waals surface area contributed by atoms with Gasteiger partial charge in [0.25, 0.3) is 0 Å². The predicted molar refractivity (Wildman–Crippen MR) is 132 cm³/mol. The molecule has 0 spiro atoms. The number of methoxy groups -OCH3 is 1. The lowest BCUT2D eigenvalue weighted by Crippen LogP contribution is -2.46. The summed E-state index contributed by atoms with van der Waals surface area (Å²) in [5.41, 5.74) is 3.71. The van der Waals surface area contributed by atoms with Gasteiger partial charge < -0.3 is 19.9 Å². The lowest BCUT2D eigenvalue weighted by atomic mass is 9.56. The van der Waals surface area contributed by atoms with E-state index < -0.39 is 0 Å². The summed E-state index contributed by atoms with van der Waals surface area (Å²) in [6, 6.07) is 14.0. The molecular formula is C29H37NO4. The number of benzene rings is 2. The van der Waals surface area contributed by atoms with Crippen molar-refractivity contribution < 1.29 is 19.4 Å². The van der Waals surface area contributed by atoms with Crippen LogP contribution in [0.25, 0.3) is 0 Å². The highest BCUT2D eigenvalue weighted by Crippen LogP contribution is 2.58. The van der Waals surface area contributed by atoms with Crippen molar-refractivity contribution >= 4 is 5.91 Å². The summed E-state index contributed by atoms with van der Waals surface area (Å²) in [5.74, 6) is 3.05. The van der Waals surface area contributed by atoms with Gasteiger partial charge in [-0.15, -0.1) is 0 Å². The molecule has 2 aromatic carbocycles. The van der Waals surface area contributed by atoms with Crippen LogP contribution in [0.2, 0.25) is 0 Å². The zero-order valence-corrected chi connectivity index (χ0v) is 20.4. The van der Waals surface area contributed by atoms with Crippen LogP contribution in [0.3, 0.4) is 0 Å². The maximum Gasteiger partial charge on any atom is 0.220 e. The Morgan fingerprint density at radius 2 is 2.06 bits per heavy atom. The van der Waals surface area contributed by atoms with Crippen LogP contribution in [0.5, 0.6) is 11.5 Å². The average Bonchev–Trinajstić information content (AvgIpc) is 3.19.